The van der Waals surface area contributed by atoms with E-state index in [0.29, 0.717) is 5.56 Å². The Hall–Kier alpha value is -0.900. The summed E-state index contributed by atoms with van der Waals surface area (Å²) in [4.78, 5) is 12.9. The lowest BCUT2D eigenvalue weighted by atomic mass is 10.2. The van der Waals surface area contributed by atoms with Crippen LogP contribution in [0.1, 0.15) is 16.1 Å². The Kier molecular flexibility index (Phi) is 2.24. The first-order chi connectivity index (χ1) is 5.13. The fourth-order valence-electron chi connectivity index (χ4n) is 0.739. The maximum absolute atomic E-state index is 11.3. The third-order valence-corrected chi connectivity index (χ3v) is 2.11. The Morgan fingerprint density at radius 3 is 2.64 bits per heavy atom. The fraction of sp³-hybridized carbons (Fsp3) is 0.429. The lowest BCUT2D eigenvalue weighted by Crippen LogP contribution is -2.21. The number of carbonyl (C=O) groups is 1. The van der Waals surface area contributed by atoms with Crippen molar-refractivity contribution in [3.05, 3.63) is 16.6 Å². The summed E-state index contributed by atoms with van der Waals surface area (Å²) in [5.74, 6) is 0.0243. The molecule has 60 valence electrons. The van der Waals surface area contributed by atoms with Gasteiger partial charge in [0.05, 0.1) is 11.3 Å². The second-order valence-electron chi connectivity index (χ2n) is 2.51. The Morgan fingerprint density at radius 2 is 2.27 bits per heavy atom. The summed E-state index contributed by atoms with van der Waals surface area (Å²) in [6, 6.07) is 0. The first-order valence-corrected chi connectivity index (χ1v) is 4.09. The Morgan fingerprint density at radius 1 is 1.64 bits per heavy atom. The van der Waals surface area contributed by atoms with Crippen molar-refractivity contribution in [1.82, 2.24) is 9.27 Å². The van der Waals surface area contributed by atoms with Crippen molar-refractivity contribution in [2.75, 3.05) is 14.1 Å². The molecule has 3 nitrogen and oxygen atoms in total. The van der Waals surface area contributed by atoms with E-state index in [2.05, 4.69) is 4.37 Å². The van der Waals surface area contributed by atoms with Crippen molar-refractivity contribution in [2.45, 2.75) is 6.92 Å². The van der Waals surface area contributed by atoms with E-state index in [-0.39, 0.29) is 5.91 Å². The molecule has 1 amide bonds. The van der Waals surface area contributed by atoms with Gasteiger partial charge < -0.3 is 4.90 Å². The van der Waals surface area contributed by atoms with Crippen LogP contribution in [0, 0.1) is 6.92 Å². The van der Waals surface area contributed by atoms with Crippen LogP contribution in [-0.4, -0.2) is 29.3 Å². The molecule has 4 heteroatoms. The minimum atomic E-state index is 0.0243. The molecular weight excluding hydrogens is 160 g/mol. The van der Waals surface area contributed by atoms with Gasteiger partial charge in [0.2, 0.25) is 0 Å². The Balaban J connectivity index is 2.93. The number of carbonyl (C=O) groups excluding carboxylic acids is 1. The minimum Gasteiger partial charge on any atom is -0.345 e. The molecule has 0 N–H and O–H groups in total. The zero-order chi connectivity index (χ0) is 8.43. The number of rotatable bonds is 1. The molecule has 0 radical (unpaired) electrons. The number of amides is 1. The molecule has 1 aromatic heterocycles. The second-order valence-corrected chi connectivity index (χ2v) is 3.14. The van der Waals surface area contributed by atoms with Crippen molar-refractivity contribution in [1.29, 1.82) is 0 Å². The van der Waals surface area contributed by atoms with Gasteiger partial charge in [-0.1, -0.05) is 0 Å². The van der Waals surface area contributed by atoms with Gasteiger partial charge in [-0.3, -0.25) is 4.79 Å². The lowest BCUT2D eigenvalue weighted by molar-refractivity contribution is 0.0827. The van der Waals surface area contributed by atoms with Crippen LogP contribution in [0.3, 0.4) is 0 Å². The van der Waals surface area contributed by atoms with E-state index in [0.717, 1.165) is 5.69 Å². The van der Waals surface area contributed by atoms with Gasteiger partial charge in [-0.2, -0.15) is 4.37 Å². The van der Waals surface area contributed by atoms with E-state index >= 15 is 0 Å². The van der Waals surface area contributed by atoms with Crippen molar-refractivity contribution < 1.29 is 4.79 Å². The van der Waals surface area contributed by atoms with Gasteiger partial charge in [-0.05, 0) is 18.5 Å². The summed E-state index contributed by atoms with van der Waals surface area (Å²) < 4.78 is 4.01. The average molecular weight is 170 g/mol. The summed E-state index contributed by atoms with van der Waals surface area (Å²) in [6.07, 6.45) is 0. The number of aryl methyl sites for hydroxylation is 1. The van der Waals surface area contributed by atoms with Crippen LogP contribution in [0.15, 0.2) is 5.38 Å². The van der Waals surface area contributed by atoms with Gasteiger partial charge in [-0.25, -0.2) is 0 Å². The quantitative estimate of drug-likeness (QED) is 0.633. The molecule has 0 fully saturated rings. The normalized spacial score (nSPS) is 9.73. The number of hydrogen-bond donors (Lipinski definition) is 0. The first-order valence-electron chi connectivity index (χ1n) is 3.25. The number of aromatic nitrogens is 1. The Labute approximate surface area is 69.8 Å². The molecule has 0 saturated carbocycles. The van der Waals surface area contributed by atoms with Gasteiger partial charge in [0, 0.05) is 19.5 Å². The molecular formula is C7H10N2OS. The van der Waals surface area contributed by atoms with Gasteiger partial charge in [0.15, 0.2) is 0 Å². The number of hydrogen-bond acceptors (Lipinski definition) is 3. The first kappa shape index (κ1) is 8.20. The fourth-order valence-corrected chi connectivity index (χ4v) is 1.42. The van der Waals surface area contributed by atoms with E-state index in [1.165, 1.54) is 11.5 Å². The standard InChI is InChI=1S/C7H10N2OS/c1-5-6(4-11-8-5)7(10)9(2)3/h4H,1-3H3. The van der Waals surface area contributed by atoms with Gasteiger partial charge >= 0.3 is 0 Å². The molecule has 0 saturated heterocycles. The van der Waals surface area contributed by atoms with Gasteiger partial charge in [0.1, 0.15) is 0 Å². The van der Waals surface area contributed by atoms with E-state index in [1.807, 2.05) is 6.92 Å². The Bertz CT molecular complexity index is 267. The maximum Gasteiger partial charge on any atom is 0.256 e. The molecule has 0 bridgehead atoms. The zero-order valence-corrected chi connectivity index (χ0v) is 7.60. The van der Waals surface area contributed by atoms with Gasteiger partial charge in [-0.15, -0.1) is 0 Å². The van der Waals surface area contributed by atoms with Crippen LogP contribution < -0.4 is 0 Å². The highest BCUT2D eigenvalue weighted by molar-refractivity contribution is 7.03. The summed E-state index contributed by atoms with van der Waals surface area (Å²) in [6.45, 7) is 1.84. The third-order valence-electron chi connectivity index (χ3n) is 1.39. The van der Waals surface area contributed by atoms with E-state index < -0.39 is 0 Å². The highest BCUT2D eigenvalue weighted by Crippen LogP contribution is 2.10. The largest absolute Gasteiger partial charge is 0.345 e. The summed E-state index contributed by atoms with van der Waals surface area (Å²) in [7, 11) is 3.47. The third kappa shape index (κ3) is 1.57. The van der Waals surface area contributed by atoms with Crippen LogP contribution in [0.5, 0.6) is 0 Å². The monoisotopic (exact) mass is 170 g/mol. The van der Waals surface area contributed by atoms with Crippen molar-refractivity contribution in [3.63, 3.8) is 0 Å². The number of nitrogens with zero attached hydrogens (tertiary/aromatic N) is 2. The second kappa shape index (κ2) is 3.00. The van der Waals surface area contributed by atoms with Crippen LogP contribution in [-0.2, 0) is 0 Å². The van der Waals surface area contributed by atoms with Crippen molar-refractivity contribution in [2.24, 2.45) is 0 Å². The minimum absolute atomic E-state index is 0.0243. The summed E-state index contributed by atoms with van der Waals surface area (Å²) in [5.41, 5.74) is 1.52. The van der Waals surface area contributed by atoms with Crippen LogP contribution in [0.25, 0.3) is 0 Å². The van der Waals surface area contributed by atoms with Crippen molar-refractivity contribution >= 4 is 17.4 Å². The van der Waals surface area contributed by atoms with E-state index in [4.69, 9.17) is 0 Å². The van der Waals surface area contributed by atoms with E-state index in [9.17, 15) is 4.79 Å². The SMILES string of the molecule is Cc1nscc1C(=O)N(C)C. The molecule has 0 spiro atoms. The topological polar surface area (TPSA) is 33.2 Å². The molecule has 0 aromatic carbocycles. The lowest BCUT2D eigenvalue weighted by Gasteiger charge is -2.08. The average Bonchev–Trinajstić information content (AvgIpc) is 2.33. The zero-order valence-electron chi connectivity index (χ0n) is 6.79. The molecule has 0 unspecified atom stereocenters. The smallest absolute Gasteiger partial charge is 0.256 e. The maximum atomic E-state index is 11.3. The molecule has 0 aliphatic carbocycles. The molecule has 0 atom stereocenters. The summed E-state index contributed by atoms with van der Waals surface area (Å²) in [5, 5.41) is 1.78. The van der Waals surface area contributed by atoms with Crippen LogP contribution >= 0.6 is 11.5 Å². The molecule has 1 heterocycles. The van der Waals surface area contributed by atoms with Crippen LogP contribution in [0.4, 0.5) is 0 Å². The highest BCUT2D eigenvalue weighted by Gasteiger charge is 2.11. The van der Waals surface area contributed by atoms with E-state index in [1.54, 1.807) is 24.4 Å². The molecule has 0 aliphatic heterocycles. The molecule has 0 aliphatic rings. The summed E-state index contributed by atoms with van der Waals surface area (Å²) >= 11 is 1.31. The predicted octanol–water partition coefficient (Wildman–Crippen LogP) is 1.15. The predicted molar refractivity (Wildman–Crippen MR) is 44.9 cm³/mol. The van der Waals surface area contributed by atoms with Gasteiger partial charge in [0.25, 0.3) is 5.91 Å². The molecule has 11 heavy (non-hydrogen) atoms. The highest BCUT2D eigenvalue weighted by atomic mass is 32.1. The van der Waals surface area contributed by atoms with Crippen molar-refractivity contribution in [3.8, 4) is 0 Å². The molecule has 1 rings (SSSR count). The van der Waals surface area contributed by atoms with Crippen LogP contribution in [0.2, 0.25) is 0 Å². The molecule has 1 aromatic rings.